The van der Waals surface area contributed by atoms with E-state index in [1.165, 1.54) is 0 Å². The Kier molecular flexibility index (Phi) is 5.93. The summed E-state index contributed by atoms with van der Waals surface area (Å²) in [5.41, 5.74) is 0. The number of hydrogen-bond donors (Lipinski definition) is 1. The molecule has 0 aliphatic carbocycles. The van der Waals surface area contributed by atoms with E-state index in [1.54, 1.807) is 0 Å². The van der Waals surface area contributed by atoms with E-state index in [-0.39, 0.29) is 6.10 Å². The molecule has 4 nitrogen and oxygen atoms in total. The molecule has 5 heteroatoms. The van der Waals surface area contributed by atoms with Crippen molar-refractivity contribution in [2.45, 2.75) is 6.10 Å². The highest BCUT2D eigenvalue weighted by Gasteiger charge is 2.12. The third kappa shape index (κ3) is 4.94. The van der Waals surface area contributed by atoms with Crippen LogP contribution in [-0.4, -0.2) is 45.6 Å². The maximum atomic E-state index is 5.56. The first-order valence-electron chi connectivity index (χ1n) is 6.13. The highest BCUT2D eigenvalue weighted by Crippen LogP contribution is 2.17. The molecule has 1 heterocycles. The van der Waals surface area contributed by atoms with Gasteiger partial charge in [-0.3, -0.25) is 0 Å². The van der Waals surface area contributed by atoms with Gasteiger partial charge in [0.25, 0.3) is 0 Å². The zero-order valence-electron chi connectivity index (χ0n) is 10.2. The van der Waals surface area contributed by atoms with Gasteiger partial charge in [-0.1, -0.05) is 22.0 Å². The maximum Gasteiger partial charge on any atom is 0.120 e. The lowest BCUT2D eigenvalue weighted by atomic mass is 10.3. The Balaban J connectivity index is 1.55. The Morgan fingerprint density at radius 2 is 2.33 bits per heavy atom. The van der Waals surface area contributed by atoms with Gasteiger partial charge in [0, 0.05) is 17.6 Å². The molecule has 1 fully saturated rings. The van der Waals surface area contributed by atoms with Gasteiger partial charge < -0.3 is 19.5 Å². The largest absolute Gasteiger partial charge is 0.491 e. The second kappa shape index (κ2) is 7.74. The lowest BCUT2D eigenvalue weighted by molar-refractivity contribution is -0.0356. The predicted molar refractivity (Wildman–Crippen MR) is 73.1 cm³/mol. The van der Waals surface area contributed by atoms with Crippen LogP contribution in [0.1, 0.15) is 0 Å². The first-order valence-corrected chi connectivity index (χ1v) is 6.92. The molecule has 1 atom stereocenters. The summed E-state index contributed by atoms with van der Waals surface area (Å²) < 4.78 is 17.6. The van der Waals surface area contributed by atoms with Crippen molar-refractivity contribution in [2.75, 3.05) is 39.5 Å². The first kappa shape index (κ1) is 13.8. The average molecular weight is 316 g/mol. The molecule has 1 aliphatic rings. The molecular formula is C13H18BrNO3. The molecule has 0 amide bonds. The standard InChI is InChI=1S/C13H18BrNO3/c14-11-2-1-3-12(8-11)18-7-6-16-10-13-9-15-4-5-17-13/h1-3,8,13,15H,4-7,9-10H2. The van der Waals surface area contributed by atoms with Crippen molar-refractivity contribution < 1.29 is 14.2 Å². The molecule has 0 saturated carbocycles. The number of ether oxygens (including phenoxy) is 3. The van der Waals surface area contributed by atoms with E-state index in [9.17, 15) is 0 Å². The molecule has 1 aromatic rings. The Bertz CT molecular complexity index is 356. The van der Waals surface area contributed by atoms with Crippen LogP contribution in [0.2, 0.25) is 0 Å². The fraction of sp³-hybridized carbons (Fsp3) is 0.538. The second-order valence-electron chi connectivity index (χ2n) is 4.08. The van der Waals surface area contributed by atoms with Gasteiger partial charge in [-0.25, -0.2) is 0 Å². The van der Waals surface area contributed by atoms with E-state index in [1.807, 2.05) is 24.3 Å². The van der Waals surface area contributed by atoms with E-state index < -0.39 is 0 Å². The van der Waals surface area contributed by atoms with Crippen LogP contribution in [0.3, 0.4) is 0 Å². The van der Waals surface area contributed by atoms with Crippen molar-refractivity contribution in [3.63, 3.8) is 0 Å². The van der Waals surface area contributed by atoms with Crippen LogP contribution in [0, 0.1) is 0 Å². The summed E-state index contributed by atoms with van der Waals surface area (Å²) in [6, 6.07) is 7.78. The fourth-order valence-corrected chi connectivity index (χ4v) is 2.10. The fourth-order valence-electron chi connectivity index (χ4n) is 1.72. The van der Waals surface area contributed by atoms with Crippen LogP contribution in [-0.2, 0) is 9.47 Å². The van der Waals surface area contributed by atoms with Gasteiger partial charge in [-0.2, -0.15) is 0 Å². The summed E-state index contributed by atoms with van der Waals surface area (Å²) in [5.74, 6) is 0.851. The van der Waals surface area contributed by atoms with E-state index in [2.05, 4.69) is 21.2 Å². The Morgan fingerprint density at radius 3 is 3.11 bits per heavy atom. The predicted octanol–water partition coefficient (Wildman–Crippen LogP) is 1.83. The van der Waals surface area contributed by atoms with Crippen molar-refractivity contribution >= 4 is 15.9 Å². The molecule has 1 aliphatic heterocycles. The summed E-state index contributed by atoms with van der Waals surface area (Å²) in [5, 5.41) is 3.27. The summed E-state index contributed by atoms with van der Waals surface area (Å²) in [7, 11) is 0. The molecule has 1 saturated heterocycles. The maximum absolute atomic E-state index is 5.56. The number of morpholine rings is 1. The SMILES string of the molecule is Brc1cccc(OCCOCC2CNCCO2)c1. The Hall–Kier alpha value is -0.620. The van der Waals surface area contributed by atoms with Gasteiger partial charge in [0.05, 0.1) is 25.9 Å². The van der Waals surface area contributed by atoms with Crippen molar-refractivity contribution in [1.82, 2.24) is 5.32 Å². The minimum absolute atomic E-state index is 0.171. The molecule has 1 unspecified atom stereocenters. The van der Waals surface area contributed by atoms with E-state index in [4.69, 9.17) is 14.2 Å². The number of nitrogens with one attached hydrogen (secondary N) is 1. The molecule has 1 N–H and O–H groups in total. The molecule has 0 bridgehead atoms. The highest BCUT2D eigenvalue weighted by atomic mass is 79.9. The minimum atomic E-state index is 0.171. The minimum Gasteiger partial charge on any atom is -0.491 e. The first-order chi connectivity index (χ1) is 8.84. The van der Waals surface area contributed by atoms with Gasteiger partial charge in [0.1, 0.15) is 12.4 Å². The van der Waals surface area contributed by atoms with Gasteiger partial charge >= 0.3 is 0 Å². The van der Waals surface area contributed by atoms with E-state index in [0.717, 1.165) is 29.9 Å². The third-order valence-corrected chi connectivity index (χ3v) is 3.09. The molecular weight excluding hydrogens is 298 g/mol. The summed E-state index contributed by atoms with van der Waals surface area (Å²) in [6.07, 6.45) is 0.171. The van der Waals surface area contributed by atoms with Crippen molar-refractivity contribution in [3.8, 4) is 5.75 Å². The summed E-state index contributed by atoms with van der Waals surface area (Å²) in [6.45, 7) is 4.31. The zero-order chi connectivity index (χ0) is 12.6. The van der Waals surface area contributed by atoms with Crippen LogP contribution < -0.4 is 10.1 Å². The number of rotatable bonds is 6. The van der Waals surface area contributed by atoms with E-state index >= 15 is 0 Å². The van der Waals surface area contributed by atoms with Crippen molar-refractivity contribution in [3.05, 3.63) is 28.7 Å². The molecule has 18 heavy (non-hydrogen) atoms. The average Bonchev–Trinajstić information content (AvgIpc) is 2.40. The number of halogens is 1. The molecule has 0 radical (unpaired) electrons. The van der Waals surface area contributed by atoms with Gasteiger partial charge in [-0.15, -0.1) is 0 Å². The van der Waals surface area contributed by atoms with Crippen LogP contribution in [0.15, 0.2) is 28.7 Å². The highest BCUT2D eigenvalue weighted by molar-refractivity contribution is 9.10. The van der Waals surface area contributed by atoms with Crippen LogP contribution in [0.4, 0.5) is 0 Å². The van der Waals surface area contributed by atoms with Crippen LogP contribution >= 0.6 is 15.9 Å². The smallest absolute Gasteiger partial charge is 0.120 e. The van der Waals surface area contributed by atoms with Gasteiger partial charge in [0.15, 0.2) is 0 Å². The van der Waals surface area contributed by atoms with Crippen LogP contribution in [0.25, 0.3) is 0 Å². The molecule has 0 spiro atoms. The monoisotopic (exact) mass is 315 g/mol. The number of benzene rings is 1. The third-order valence-electron chi connectivity index (χ3n) is 2.60. The van der Waals surface area contributed by atoms with Crippen molar-refractivity contribution in [1.29, 1.82) is 0 Å². The lowest BCUT2D eigenvalue weighted by Crippen LogP contribution is -2.41. The van der Waals surface area contributed by atoms with Gasteiger partial charge in [-0.05, 0) is 18.2 Å². The van der Waals surface area contributed by atoms with Crippen LogP contribution in [0.5, 0.6) is 5.75 Å². The van der Waals surface area contributed by atoms with Gasteiger partial charge in [0.2, 0.25) is 0 Å². The quantitative estimate of drug-likeness (QED) is 0.813. The lowest BCUT2D eigenvalue weighted by Gasteiger charge is -2.23. The van der Waals surface area contributed by atoms with Crippen molar-refractivity contribution in [2.24, 2.45) is 0 Å². The number of hydrogen-bond acceptors (Lipinski definition) is 4. The Morgan fingerprint density at radius 1 is 1.39 bits per heavy atom. The zero-order valence-corrected chi connectivity index (χ0v) is 11.8. The second-order valence-corrected chi connectivity index (χ2v) is 4.99. The Labute approximate surface area is 116 Å². The molecule has 0 aromatic heterocycles. The molecule has 100 valence electrons. The molecule has 1 aromatic carbocycles. The normalized spacial score (nSPS) is 19.7. The topological polar surface area (TPSA) is 39.7 Å². The molecule has 2 rings (SSSR count). The summed E-state index contributed by atoms with van der Waals surface area (Å²) >= 11 is 3.40. The van der Waals surface area contributed by atoms with E-state index in [0.29, 0.717) is 19.8 Å². The summed E-state index contributed by atoms with van der Waals surface area (Å²) in [4.78, 5) is 0.